The Labute approximate surface area is 126 Å². The number of hydrogen-bond acceptors (Lipinski definition) is 3. The van der Waals surface area contributed by atoms with Gasteiger partial charge in [0.15, 0.2) is 0 Å². The Morgan fingerprint density at radius 3 is 2.65 bits per heavy atom. The second kappa shape index (κ2) is 6.19. The van der Waals surface area contributed by atoms with Gasteiger partial charge in [-0.15, -0.1) is 0 Å². The summed E-state index contributed by atoms with van der Waals surface area (Å²) in [5.41, 5.74) is 5.55. The van der Waals surface area contributed by atoms with E-state index in [9.17, 15) is 4.79 Å². The molecule has 0 aliphatic heterocycles. The summed E-state index contributed by atoms with van der Waals surface area (Å²) in [6.07, 6.45) is 3.50. The molecule has 106 valence electrons. The molecule has 1 unspecified atom stereocenters. The van der Waals surface area contributed by atoms with Crippen molar-refractivity contribution in [3.05, 3.63) is 52.8 Å². The zero-order chi connectivity index (χ0) is 14.6. The molecule has 3 N–H and O–H groups in total. The molecule has 1 atom stereocenters. The van der Waals surface area contributed by atoms with Crippen molar-refractivity contribution in [2.75, 3.05) is 6.54 Å². The Balaban J connectivity index is 2.44. The minimum atomic E-state index is -0.971. The molecule has 20 heavy (non-hydrogen) atoms. The van der Waals surface area contributed by atoms with Crippen LogP contribution < -0.4 is 11.1 Å². The average Bonchev–Trinajstić information content (AvgIpc) is 2.84. The fourth-order valence-corrected chi connectivity index (χ4v) is 2.58. The first-order valence-corrected chi connectivity index (χ1v) is 7.16. The summed E-state index contributed by atoms with van der Waals surface area (Å²) in [4.78, 5) is 12.1. The van der Waals surface area contributed by atoms with Crippen LogP contribution in [0.15, 0.2) is 47.2 Å². The van der Waals surface area contributed by atoms with E-state index in [-0.39, 0.29) is 0 Å². The smallest absolute Gasteiger partial charge is 0.244 e. The number of likely N-dealkylation sites (N-methyl/N-ethyl adjacent to an activating group) is 1. The van der Waals surface area contributed by atoms with Gasteiger partial charge in [-0.1, -0.05) is 37.3 Å². The van der Waals surface area contributed by atoms with Gasteiger partial charge < -0.3 is 5.73 Å². The zero-order valence-electron chi connectivity index (χ0n) is 11.2. The monoisotopic (exact) mass is 336 g/mol. The van der Waals surface area contributed by atoms with Crippen LogP contribution in [0.25, 0.3) is 0 Å². The first-order chi connectivity index (χ1) is 9.58. The fourth-order valence-electron chi connectivity index (χ4n) is 2.25. The first kappa shape index (κ1) is 14.7. The second-order valence-corrected chi connectivity index (χ2v) is 5.44. The second-order valence-electron chi connectivity index (χ2n) is 4.52. The van der Waals surface area contributed by atoms with Crippen LogP contribution in [-0.4, -0.2) is 22.2 Å². The molecule has 5 nitrogen and oxygen atoms in total. The van der Waals surface area contributed by atoms with E-state index in [1.807, 2.05) is 43.5 Å². The van der Waals surface area contributed by atoms with Crippen LogP contribution in [0.2, 0.25) is 0 Å². The number of carbonyl (C=O) groups excluding carboxylic acids is 1. The van der Waals surface area contributed by atoms with Gasteiger partial charge in [-0.25, -0.2) is 0 Å². The highest BCUT2D eigenvalue weighted by molar-refractivity contribution is 9.10. The Bertz CT molecular complexity index is 584. The first-order valence-electron chi connectivity index (χ1n) is 6.37. The highest BCUT2D eigenvalue weighted by Gasteiger charge is 2.38. The predicted octanol–water partition coefficient (Wildman–Crippen LogP) is 1.64. The molecule has 0 radical (unpaired) electrons. The summed E-state index contributed by atoms with van der Waals surface area (Å²) in [7, 11) is 0. The van der Waals surface area contributed by atoms with E-state index in [0.29, 0.717) is 13.1 Å². The molecule has 6 heteroatoms. The number of hydrogen-bond donors (Lipinski definition) is 2. The normalized spacial score (nSPS) is 13.9. The SMILES string of the molecule is CCNC(Cn1cc(Br)cn1)(C(N)=O)c1ccccc1. The Kier molecular flexibility index (Phi) is 4.57. The van der Waals surface area contributed by atoms with E-state index in [4.69, 9.17) is 5.73 Å². The summed E-state index contributed by atoms with van der Waals surface area (Å²) in [5, 5.41) is 7.43. The minimum Gasteiger partial charge on any atom is -0.368 e. The Morgan fingerprint density at radius 2 is 2.15 bits per heavy atom. The molecule has 0 bridgehead atoms. The third-order valence-electron chi connectivity index (χ3n) is 3.17. The summed E-state index contributed by atoms with van der Waals surface area (Å²) < 4.78 is 2.56. The quantitative estimate of drug-likeness (QED) is 0.842. The van der Waals surface area contributed by atoms with Gasteiger partial charge in [0, 0.05) is 6.20 Å². The highest BCUT2D eigenvalue weighted by atomic mass is 79.9. The lowest BCUT2D eigenvalue weighted by molar-refractivity contribution is -0.125. The van der Waals surface area contributed by atoms with Crippen LogP contribution in [-0.2, 0) is 16.9 Å². The maximum Gasteiger partial charge on any atom is 0.244 e. The van der Waals surface area contributed by atoms with Gasteiger partial charge in [0.2, 0.25) is 5.91 Å². The zero-order valence-corrected chi connectivity index (χ0v) is 12.8. The van der Waals surface area contributed by atoms with E-state index >= 15 is 0 Å². The van der Waals surface area contributed by atoms with Gasteiger partial charge >= 0.3 is 0 Å². The molecule has 1 amide bonds. The van der Waals surface area contributed by atoms with Crippen molar-refractivity contribution in [3.63, 3.8) is 0 Å². The molecule has 1 heterocycles. The van der Waals surface area contributed by atoms with Gasteiger partial charge in [0.05, 0.1) is 17.2 Å². The number of primary amides is 1. The van der Waals surface area contributed by atoms with E-state index in [2.05, 4.69) is 26.3 Å². The lowest BCUT2D eigenvalue weighted by Crippen LogP contribution is -2.55. The molecular formula is C14H17BrN4O. The summed E-state index contributed by atoms with van der Waals surface area (Å²) in [6, 6.07) is 9.48. The molecule has 2 rings (SSSR count). The topological polar surface area (TPSA) is 72.9 Å². The maximum absolute atomic E-state index is 12.1. The Morgan fingerprint density at radius 1 is 1.45 bits per heavy atom. The molecule has 0 fully saturated rings. The van der Waals surface area contributed by atoms with E-state index < -0.39 is 11.4 Å². The minimum absolute atomic E-state index is 0.339. The fraction of sp³-hybridized carbons (Fsp3) is 0.286. The summed E-state index contributed by atoms with van der Waals surface area (Å²) in [6.45, 7) is 2.91. The number of benzene rings is 1. The molecule has 1 aromatic heterocycles. The third-order valence-corrected chi connectivity index (χ3v) is 3.58. The number of nitrogens with one attached hydrogen (secondary N) is 1. The van der Waals surface area contributed by atoms with Gasteiger partial charge in [0.1, 0.15) is 5.54 Å². The van der Waals surface area contributed by atoms with E-state index in [1.54, 1.807) is 10.9 Å². The number of nitrogens with two attached hydrogens (primary N) is 1. The van der Waals surface area contributed by atoms with Crippen LogP contribution in [0.1, 0.15) is 12.5 Å². The van der Waals surface area contributed by atoms with Crippen molar-refractivity contribution in [1.29, 1.82) is 0 Å². The molecule has 0 aliphatic rings. The van der Waals surface area contributed by atoms with Crippen molar-refractivity contribution in [2.45, 2.75) is 19.0 Å². The van der Waals surface area contributed by atoms with Crippen LogP contribution in [0.3, 0.4) is 0 Å². The predicted molar refractivity (Wildman–Crippen MR) is 80.9 cm³/mol. The van der Waals surface area contributed by atoms with E-state index in [1.165, 1.54) is 0 Å². The lowest BCUT2D eigenvalue weighted by Gasteiger charge is -2.32. The number of nitrogens with zero attached hydrogens (tertiary/aromatic N) is 2. The molecule has 0 saturated carbocycles. The molecule has 0 aliphatic carbocycles. The van der Waals surface area contributed by atoms with Gasteiger partial charge in [0.25, 0.3) is 0 Å². The number of halogens is 1. The van der Waals surface area contributed by atoms with Crippen molar-refractivity contribution in [3.8, 4) is 0 Å². The standard InChI is InChI=1S/C14H17BrN4O/c1-2-17-14(13(16)20,11-6-4-3-5-7-11)10-19-9-12(15)8-18-19/h3-9,17H,2,10H2,1H3,(H2,16,20). The van der Waals surface area contributed by atoms with Crippen LogP contribution >= 0.6 is 15.9 Å². The van der Waals surface area contributed by atoms with E-state index in [0.717, 1.165) is 10.0 Å². The highest BCUT2D eigenvalue weighted by Crippen LogP contribution is 2.23. The van der Waals surface area contributed by atoms with Crippen molar-refractivity contribution in [2.24, 2.45) is 5.73 Å². The average molecular weight is 337 g/mol. The van der Waals surface area contributed by atoms with Crippen LogP contribution in [0.4, 0.5) is 0 Å². The number of amides is 1. The number of aromatic nitrogens is 2. The third kappa shape index (κ3) is 2.91. The largest absolute Gasteiger partial charge is 0.368 e. The molecule has 0 saturated heterocycles. The van der Waals surface area contributed by atoms with Crippen molar-refractivity contribution in [1.82, 2.24) is 15.1 Å². The molecular weight excluding hydrogens is 320 g/mol. The molecule has 0 spiro atoms. The van der Waals surface area contributed by atoms with Gasteiger partial charge in [-0.2, -0.15) is 5.10 Å². The van der Waals surface area contributed by atoms with Gasteiger partial charge in [-0.3, -0.25) is 14.8 Å². The Hall–Kier alpha value is -1.66. The summed E-state index contributed by atoms with van der Waals surface area (Å²) in [5.74, 6) is -0.419. The van der Waals surface area contributed by atoms with Gasteiger partial charge in [-0.05, 0) is 28.0 Å². The number of carbonyl (C=O) groups is 1. The summed E-state index contributed by atoms with van der Waals surface area (Å²) >= 11 is 3.35. The van der Waals surface area contributed by atoms with Crippen LogP contribution in [0, 0.1) is 0 Å². The molecule has 1 aromatic carbocycles. The van der Waals surface area contributed by atoms with Crippen molar-refractivity contribution < 1.29 is 4.79 Å². The lowest BCUT2D eigenvalue weighted by atomic mass is 9.88. The van der Waals surface area contributed by atoms with Crippen molar-refractivity contribution >= 4 is 21.8 Å². The number of rotatable bonds is 6. The molecule has 2 aromatic rings. The maximum atomic E-state index is 12.1. The van der Waals surface area contributed by atoms with Crippen LogP contribution in [0.5, 0.6) is 0 Å².